The zero-order valence-corrected chi connectivity index (χ0v) is 18.1. The SMILES string of the molecule is Cl.O=C(CNc1ccccn1)NC1CCN(CCn2c(=O)cnc3ccccc32)CC1. The summed E-state index contributed by atoms with van der Waals surface area (Å²) >= 11 is 0. The van der Waals surface area contributed by atoms with Gasteiger partial charge in [-0.15, -0.1) is 12.4 Å². The van der Waals surface area contributed by atoms with Crippen molar-refractivity contribution in [1.29, 1.82) is 0 Å². The molecule has 4 rings (SSSR count). The van der Waals surface area contributed by atoms with Gasteiger partial charge in [0.15, 0.2) is 0 Å². The third kappa shape index (κ3) is 6.02. The maximum Gasteiger partial charge on any atom is 0.269 e. The van der Waals surface area contributed by atoms with Crippen LogP contribution in [0.15, 0.2) is 59.7 Å². The number of para-hydroxylation sites is 2. The first-order chi connectivity index (χ1) is 14.7. The van der Waals surface area contributed by atoms with E-state index < -0.39 is 0 Å². The molecule has 1 aliphatic heterocycles. The zero-order valence-electron chi connectivity index (χ0n) is 17.2. The smallest absolute Gasteiger partial charge is 0.269 e. The number of nitrogens with zero attached hydrogens (tertiary/aromatic N) is 4. The molecule has 0 saturated carbocycles. The van der Waals surface area contributed by atoms with Crippen LogP contribution in [-0.2, 0) is 11.3 Å². The molecule has 1 aromatic carbocycles. The number of pyridine rings is 1. The van der Waals surface area contributed by atoms with Crippen LogP contribution in [0.5, 0.6) is 0 Å². The van der Waals surface area contributed by atoms with Crippen molar-refractivity contribution in [2.45, 2.75) is 25.4 Å². The number of carbonyl (C=O) groups is 1. The van der Waals surface area contributed by atoms with Crippen LogP contribution in [0.3, 0.4) is 0 Å². The maximum absolute atomic E-state index is 12.3. The normalized spacial score (nSPS) is 14.7. The number of hydrogen-bond acceptors (Lipinski definition) is 6. The molecule has 1 fully saturated rings. The van der Waals surface area contributed by atoms with Crippen LogP contribution < -0.4 is 16.2 Å². The second-order valence-electron chi connectivity index (χ2n) is 7.49. The van der Waals surface area contributed by atoms with E-state index in [-0.39, 0.29) is 36.5 Å². The molecule has 3 aromatic rings. The molecular formula is C22H27ClN6O2. The molecule has 31 heavy (non-hydrogen) atoms. The Balaban J connectivity index is 0.00000272. The highest BCUT2D eigenvalue weighted by molar-refractivity contribution is 5.85. The molecule has 0 unspecified atom stereocenters. The van der Waals surface area contributed by atoms with Gasteiger partial charge in [0, 0.05) is 38.4 Å². The van der Waals surface area contributed by atoms with Gasteiger partial charge in [-0.25, -0.2) is 9.97 Å². The molecule has 0 bridgehead atoms. The summed E-state index contributed by atoms with van der Waals surface area (Å²) in [7, 11) is 0. The minimum Gasteiger partial charge on any atom is -0.361 e. The molecular weight excluding hydrogens is 416 g/mol. The summed E-state index contributed by atoms with van der Waals surface area (Å²) in [5, 5.41) is 6.13. The summed E-state index contributed by atoms with van der Waals surface area (Å²) in [5.41, 5.74) is 1.63. The number of aromatic nitrogens is 3. The van der Waals surface area contributed by atoms with Gasteiger partial charge < -0.3 is 20.1 Å². The molecule has 0 aliphatic carbocycles. The van der Waals surface area contributed by atoms with E-state index in [1.165, 1.54) is 6.20 Å². The van der Waals surface area contributed by atoms with Gasteiger partial charge in [-0.1, -0.05) is 18.2 Å². The molecule has 0 spiro atoms. The summed E-state index contributed by atoms with van der Waals surface area (Å²) in [6.07, 6.45) is 4.89. The van der Waals surface area contributed by atoms with Crippen molar-refractivity contribution in [3.8, 4) is 0 Å². The number of amides is 1. The number of benzene rings is 1. The number of piperidine rings is 1. The predicted molar refractivity (Wildman–Crippen MR) is 124 cm³/mol. The zero-order chi connectivity index (χ0) is 20.8. The third-order valence-corrected chi connectivity index (χ3v) is 5.44. The first kappa shape index (κ1) is 22.7. The van der Waals surface area contributed by atoms with Crippen molar-refractivity contribution >= 4 is 35.2 Å². The minimum absolute atomic E-state index is 0. The van der Waals surface area contributed by atoms with Gasteiger partial charge in [0.2, 0.25) is 5.91 Å². The van der Waals surface area contributed by atoms with Gasteiger partial charge in [0.1, 0.15) is 5.82 Å². The van der Waals surface area contributed by atoms with Gasteiger partial charge >= 0.3 is 0 Å². The molecule has 0 radical (unpaired) electrons. The van der Waals surface area contributed by atoms with E-state index in [0.717, 1.165) is 43.5 Å². The Morgan fingerprint density at radius 3 is 2.58 bits per heavy atom. The lowest BCUT2D eigenvalue weighted by molar-refractivity contribution is -0.120. The Morgan fingerprint density at radius 1 is 1.03 bits per heavy atom. The number of carbonyl (C=O) groups excluding carboxylic acids is 1. The first-order valence-electron chi connectivity index (χ1n) is 10.3. The van der Waals surface area contributed by atoms with E-state index in [0.29, 0.717) is 12.4 Å². The average Bonchev–Trinajstić information content (AvgIpc) is 2.79. The van der Waals surface area contributed by atoms with Crippen molar-refractivity contribution < 1.29 is 4.79 Å². The number of rotatable bonds is 7. The average molecular weight is 443 g/mol. The fourth-order valence-electron chi connectivity index (χ4n) is 3.80. The number of halogens is 1. The number of hydrogen-bond donors (Lipinski definition) is 2. The first-order valence-corrected chi connectivity index (χ1v) is 10.3. The summed E-state index contributed by atoms with van der Waals surface area (Å²) in [6, 6.07) is 13.4. The predicted octanol–water partition coefficient (Wildman–Crippen LogP) is 1.91. The van der Waals surface area contributed by atoms with E-state index in [2.05, 4.69) is 25.5 Å². The molecule has 164 valence electrons. The molecule has 3 heterocycles. The maximum atomic E-state index is 12.3. The molecule has 1 aliphatic rings. The summed E-state index contributed by atoms with van der Waals surface area (Å²) in [4.78, 5) is 35.2. The topological polar surface area (TPSA) is 92.2 Å². The highest BCUT2D eigenvalue weighted by Gasteiger charge is 2.20. The largest absolute Gasteiger partial charge is 0.361 e. The van der Waals surface area contributed by atoms with Crippen LogP contribution in [0.25, 0.3) is 11.0 Å². The minimum atomic E-state index is -0.0729. The molecule has 8 nitrogen and oxygen atoms in total. The molecule has 2 N–H and O–H groups in total. The Bertz CT molecular complexity index is 1050. The third-order valence-electron chi connectivity index (χ3n) is 5.44. The quantitative estimate of drug-likeness (QED) is 0.580. The number of fused-ring (bicyclic) bond motifs is 1. The fraction of sp³-hybridized carbons (Fsp3) is 0.364. The van der Waals surface area contributed by atoms with Gasteiger partial charge in [-0.2, -0.15) is 0 Å². The highest BCUT2D eigenvalue weighted by Crippen LogP contribution is 2.12. The molecule has 9 heteroatoms. The van der Waals surface area contributed by atoms with E-state index in [1.54, 1.807) is 10.8 Å². The van der Waals surface area contributed by atoms with Crippen molar-refractivity contribution in [1.82, 2.24) is 24.8 Å². The fourth-order valence-corrected chi connectivity index (χ4v) is 3.80. The van der Waals surface area contributed by atoms with Crippen molar-refractivity contribution in [3.63, 3.8) is 0 Å². The Labute approximate surface area is 187 Å². The van der Waals surface area contributed by atoms with Crippen molar-refractivity contribution in [3.05, 3.63) is 65.2 Å². The Hall–Kier alpha value is -2.97. The monoisotopic (exact) mass is 442 g/mol. The van der Waals surface area contributed by atoms with Gasteiger partial charge in [-0.3, -0.25) is 9.59 Å². The van der Waals surface area contributed by atoms with Crippen molar-refractivity contribution in [2.75, 3.05) is 31.5 Å². The number of likely N-dealkylation sites (tertiary alicyclic amines) is 1. The molecule has 2 aromatic heterocycles. The van der Waals surface area contributed by atoms with E-state index >= 15 is 0 Å². The van der Waals surface area contributed by atoms with Crippen LogP contribution >= 0.6 is 12.4 Å². The molecule has 1 amide bonds. The van der Waals surface area contributed by atoms with Crippen LogP contribution in [0, 0.1) is 0 Å². The van der Waals surface area contributed by atoms with Crippen LogP contribution in [0.1, 0.15) is 12.8 Å². The lowest BCUT2D eigenvalue weighted by Crippen LogP contribution is -2.46. The Kier molecular flexibility index (Phi) is 7.97. The number of anilines is 1. The summed E-state index contributed by atoms with van der Waals surface area (Å²) in [6.45, 7) is 3.45. The van der Waals surface area contributed by atoms with Crippen LogP contribution in [0.4, 0.5) is 5.82 Å². The van der Waals surface area contributed by atoms with Crippen molar-refractivity contribution in [2.24, 2.45) is 0 Å². The highest BCUT2D eigenvalue weighted by atomic mass is 35.5. The lowest BCUT2D eigenvalue weighted by atomic mass is 10.1. The van der Waals surface area contributed by atoms with Crippen LogP contribution in [0.2, 0.25) is 0 Å². The summed E-state index contributed by atoms with van der Waals surface area (Å²) < 4.78 is 1.79. The molecule has 1 saturated heterocycles. The van der Waals surface area contributed by atoms with Gasteiger partial charge in [0.05, 0.1) is 23.8 Å². The molecule has 0 atom stereocenters. The van der Waals surface area contributed by atoms with E-state index in [1.807, 2.05) is 42.5 Å². The summed E-state index contributed by atoms with van der Waals surface area (Å²) in [5.74, 6) is 0.676. The second-order valence-corrected chi connectivity index (χ2v) is 7.49. The van der Waals surface area contributed by atoms with Gasteiger partial charge in [0.25, 0.3) is 5.56 Å². The standard InChI is InChI=1S/C22H26N6O2.ClH/c29-21(15-25-20-7-3-4-10-23-20)26-17-8-11-27(12-9-17)13-14-28-19-6-2-1-5-18(19)24-16-22(28)30;/h1-7,10,16-17H,8-9,11-15H2,(H,23,25)(H,26,29);1H. The van der Waals surface area contributed by atoms with Gasteiger partial charge in [-0.05, 0) is 37.1 Å². The second kappa shape index (κ2) is 10.9. The number of nitrogens with one attached hydrogen (secondary N) is 2. The lowest BCUT2D eigenvalue weighted by Gasteiger charge is -2.32. The van der Waals surface area contributed by atoms with E-state index in [9.17, 15) is 9.59 Å². The van der Waals surface area contributed by atoms with E-state index in [4.69, 9.17) is 0 Å². The van der Waals surface area contributed by atoms with Crippen LogP contribution in [-0.4, -0.2) is 57.6 Å². The Morgan fingerprint density at radius 2 is 1.81 bits per heavy atom.